The molecule has 1 rings (SSSR count). The molecule has 0 aromatic heterocycles. The minimum atomic E-state index is -4.36. The minimum Gasteiger partial charge on any atom is -0.333 e. The molecule has 0 spiro atoms. The van der Waals surface area contributed by atoms with Crippen LogP contribution in [0.3, 0.4) is 0 Å². The highest BCUT2D eigenvalue weighted by Crippen LogP contribution is 2.22. The van der Waals surface area contributed by atoms with Gasteiger partial charge in [0.15, 0.2) is 0 Å². The molecule has 0 aliphatic carbocycles. The zero-order chi connectivity index (χ0) is 16.0. The molecule has 0 N–H and O–H groups in total. The Labute approximate surface area is 127 Å². The predicted molar refractivity (Wildman–Crippen MR) is 79.4 cm³/mol. The van der Waals surface area contributed by atoms with Crippen molar-refractivity contribution in [1.82, 2.24) is 4.90 Å². The Morgan fingerprint density at radius 1 is 1.33 bits per heavy atom. The largest absolute Gasteiger partial charge is 0.406 e. The number of amides is 1. The lowest BCUT2D eigenvalue weighted by molar-refractivity contribution is -0.160. The first-order valence-electron chi connectivity index (χ1n) is 6.71. The van der Waals surface area contributed by atoms with Crippen LogP contribution in [-0.2, 0) is 4.79 Å². The number of hydrogen-bond donors (Lipinski definition) is 0. The summed E-state index contributed by atoms with van der Waals surface area (Å²) in [6, 6.07) is 7.56. The van der Waals surface area contributed by atoms with Gasteiger partial charge in [0, 0.05) is 11.4 Å². The summed E-state index contributed by atoms with van der Waals surface area (Å²) in [7, 11) is 0. The van der Waals surface area contributed by atoms with Crippen LogP contribution in [0.25, 0.3) is 0 Å². The smallest absolute Gasteiger partial charge is 0.333 e. The number of alkyl halides is 3. The van der Waals surface area contributed by atoms with Gasteiger partial charge >= 0.3 is 6.18 Å². The van der Waals surface area contributed by atoms with E-state index in [-0.39, 0.29) is 18.2 Å². The SMILES string of the molecule is Cc1cccc(SCC(=O)N(CC(C)C)CC(F)(F)F)c1. The molecule has 0 radical (unpaired) electrons. The van der Waals surface area contributed by atoms with Crippen LogP contribution in [0.1, 0.15) is 19.4 Å². The lowest BCUT2D eigenvalue weighted by Gasteiger charge is -2.25. The molecule has 0 atom stereocenters. The Bertz CT molecular complexity index is 474. The molecule has 0 saturated carbocycles. The van der Waals surface area contributed by atoms with Gasteiger partial charge in [-0.2, -0.15) is 13.2 Å². The van der Waals surface area contributed by atoms with Gasteiger partial charge in [-0.05, 0) is 25.0 Å². The average Bonchev–Trinajstić information content (AvgIpc) is 2.33. The fourth-order valence-electron chi connectivity index (χ4n) is 1.85. The number of nitrogens with zero attached hydrogens (tertiary/aromatic N) is 1. The molecule has 0 heterocycles. The zero-order valence-electron chi connectivity index (χ0n) is 12.4. The molecule has 0 saturated heterocycles. The Morgan fingerprint density at radius 2 is 2.00 bits per heavy atom. The van der Waals surface area contributed by atoms with Crippen molar-refractivity contribution in [2.24, 2.45) is 5.92 Å². The summed E-state index contributed by atoms with van der Waals surface area (Å²) in [6.07, 6.45) is -4.36. The standard InChI is InChI=1S/C15H20F3NOS/c1-11(2)8-19(10-15(16,17)18)14(20)9-21-13-6-4-5-12(3)7-13/h4-7,11H,8-10H2,1-3H3. The molecule has 0 unspecified atom stereocenters. The van der Waals surface area contributed by atoms with Gasteiger partial charge in [0.2, 0.25) is 5.91 Å². The molecule has 0 aliphatic heterocycles. The first kappa shape index (κ1) is 17.9. The molecular formula is C15H20F3NOS. The first-order chi connectivity index (χ1) is 9.67. The Morgan fingerprint density at radius 3 is 2.52 bits per heavy atom. The van der Waals surface area contributed by atoms with Crippen LogP contribution in [0, 0.1) is 12.8 Å². The highest BCUT2D eigenvalue weighted by Gasteiger charge is 2.33. The number of halogens is 3. The Kier molecular flexibility index (Phi) is 6.58. The van der Waals surface area contributed by atoms with Crippen LogP contribution in [0.5, 0.6) is 0 Å². The van der Waals surface area contributed by atoms with Crippen molar-refractivity contribution in [2.45, 2.75) is 31.8 Å². The highest BCUT2D eigenvalue weighted by molar-refractivity contribution is 8.00. The van der Waals surface area contributed by atoms with Gasteiger partial charge in [0.1, 0.15) is 6.54 Å². The summed E-state index contributed by atoms with van der Waals surface area (Å²) in [4.78, 5) is 13.8. The van der Waals surface area contributed by atoms with E-state index in [1.165, 1.54) is 11.8 Å². The summed E-state index contributed by atoms with van der Waals surface area (Å²) in [5.74, 6) is -0.459. The maximum Gasteiger partial charge on any atom is 0.406 e. The van der Waals surface area contributed by atoms with Crippen molar-refractivity contribution in [1.29, 1.82) is 0 Å². The van der Waals surface area contributed by atoms with Gasteiger partial charge in [0.05, 0.1) is 5.75 Å². The molecule has 1 aromatic carbocycles. The average molecular weight is 319 g/mol. The van der Waals surface area contributed by atoms with Crippen LogP contribution < -0.4 is 0 Å². The van der Waals surface area contributed by atoms with Crippen LogP contribution in [0.2, 0.25) is 0 Å². The van der Waals surface area contributed by atoms with E-state index in [4.69, 9.17) is 0 Å². The fourth-order valence-corrected chi connectivity index (χ4v) is 2.77. The summed E-state index contributed by atoms with van der Waals surface area (Å²) >= 11 is 1.27. The highest BCUT2D eigenvalue weighted by atomic mass is 32.2. The topological polar surface area (TPSA) is 20.3 Å². The number of rotatable bonds is 6. The van der Waals surface area contributed by atoms with Crippen LogP contribution in [0.4, 0.5) is 13.2 Å². The minimum absolute atomic E-state index is 0.000250. The number of thioether (sulfide) groups is 1. The van der Waals surface area contributed by atoms with E-state index in [0.717, 1.165) is 15.4 Å². The van der Waals surface area contributed by atoms with Gasteiger partial charge in [-0.3, -0.25) is 4.79 Å². The van der Waals surface area contributed by atoms with Gasteiger partial charge < -0.3 is 4.90 Å². The van der Waals surface area contributed by atoms with Crippen molar-refractivity contribution in [3.05, 3.63) is 29.8 Å². The molecule has 6 heteroatoms. The number of aryl methyl sites for hydroxylation is 1. The monoisotopic (exact) mass is 319 g/mol. The molecule has 0 bridgehead atoms. The molecule has 0 aliphatic rings. The second-order valence-electron chi connectivity index (χ2n) is 5.39. The number of hydrogen-bond acceptors (Lipinski definition) is 2. The van der Waals surface area contributed by atoms with Crippen LogP contribution in [0.15, 0.2) is 29.2 Å². The van der Waals surface area contributed by atoms with Gasteiger partial charge in [-0.1, -0.05) is 31.5 Å². The predicted octanol–water partition coefficient (Wildman–Crippen LogP) is 4.13. The van der Waals surface area contributed by atoms with E-state index in [1.807, 2.05) is 31.2 Å². The molecule has 2 nitrogen and oxygen atoms in total. The lowest BCUT2D eigenvalue weighted by Crippen LogP contribution is -2.42. The molecule has 1 aromatic rings. The molecule has 118 valence electrons. The van der Waals surface area contributed by atoms with Crippen molar-refractivity contribution in [3.8, 4) is 0 Å². The lowest BCUT2D eigenvalue weighted by atomic mass is 10.2. The third-order valence-corrected chi connectivity index (χ3v) is 3.64. The third-order valence-electron chi connectivity index (χ3n) is 2.66. The second kappa shape index (κ2) is 7.73. The van der Waals surface area contributed by atoms with Gasteiger partial charge in [0.25, 0.3) is 0 Å². The van der Waals surface area contributed by atoms with Crippen molar-refractivity contribution in [2.75, 3.05) is 18.8 Å². The number of carbonyl (C=O) groups excluding carboxylic acids is 1. The van der Waals surface area contributed by atoms with Crippen molar-refractivity contribution in [3.63, 3.8) is 0 Å². The first-order valence-corrected chi connectivity index (χ1v) is 7.70. The third kappa shape index (κ3) is 7.41. The number of carbonyl (C=O) groups is 1. The summed E-state index contributed by atoms with van der Waals surface area (Å²) in [6.45, 7) is 4.46. The van der Waals surface area contributed by atoms with Crippen molar-refractivity contribution < 1.29 is 18.0 Å². The van der Waals surface area contributed by atoms with E-state index in [1.54, 1.807) is 13.8 Å². The maximum atomic E-state index is 12.5. The quantitative estimate of drug-likeness (QED) is 0.735. The van der Waals surface area contributed by atoms with E-state index in [2.05, 4.69) is 0 Å². The van der Waals surface area contributed by atoms with E-state index in [9.17, 15) is 18.0 Å². The van der Waals surface area contributed by atoms with Crippen LogP contribution >= 0.6 is 11.8 Å². The summed E-state index contributed by atoms with van der Waals surface area (Å²) in [5.41, 5.74) is 1.06. The van der Waals surface area contributed by atoms with E-state index < -0.39 is 18.6 Å². The summed E-state index contributed by atoms with van der Waals surface area (Å²) < 4.78 is 37.6. The molecule has 21 heavy (non-hydrogen) atoms. The normalized spacial score (nSPS) is 11.8. The molecule has 0 fully saturated rings. The van der Waals surface area contributed by atoms with E-state index >= 15 is 0 Å². The molecule has 1 amide bonds. The van der Waals surface area contributed by atoms with Crippen LogP contribution in [-0.4, -0.2) is 35.8 Å². The van der Waals surface area contributed by atoms with Crippen molar-refractivity contribution >= 4 is 17.7 Å². The Hall–Kier alpha value is -1.17. The maximum absolute atomic E-state index is 12.5. The molecular weight excluding hydrogens is 299 g/mol. The second-order valence-corrected chi connectivity index (χ2v) is 6.44. The van der Waals surface area contributed by atoms with E-state index in [0.29, 0.717) is 0 Å². The van der Waals surface area contributed by atoms with Gasteiger partial charge in [-0.25, -0.2) is 0 Å². The number of benzene rings is 1. The fraction of sp³-hybridized carbons (Fsp3) is 0.533. The zero-order valence-corrected chi connectivity index (χ0v) is 13.2. The summed E-state index contributed by atoms with van der Waals surface area (Å²) in [5, 5.41) is 0. The Balaban J connectivity index is 2.63. The van der Waals surface area contributed by atoms with Gasteiger partial charge in [-0.15, -0.1) is 11.8 Å².